The predicted octanol–water partition coefficient (Wildman–Crippen LogP) is 3.45. The van der Waals surface area contributed by atoms with Crippen molar-refractivity contribution in [3.05, 3.63) is 52.0 Å². The van der Waals surface area contributed by atoms with Crippen molar-refractivity contribution in [2.24, 2.45) is 0 Å². The third-order valence-corrected chi connectivity index (χ3v) is 6.69. The van der Waals surface area contributed by atoms with E-state index in [9.17, 15) is 15.0 Å². The van der Waals surface area contributed by atoms with Crippen LogP contribution < -0.4 is 15.0 Å². The largest absolute Gasteiger partial charge is 0.494 e. The maximum absolute atomic E-state index is 11.6. The molecule has 0 atom stereocenters. The van der Waals surface area contributed by atoms with Crippen molar-refractivity contribution in [1.29, 1.82) is 0 Å². The first kappa shape index (κ1) is 23.1. The van der Waals surface area contributed by atoms with Crippen LogP contribution in [-0.2, 0) is 10.6 Å². The van der Waals surface area contributed by atoms with Crippen LogP contribution in [0.5, 0.6) is 5.75 Å². The van der Waals surface area contributed by atoms with Crippen LogP contribution in [-0.4, -0.2) is 60.4 Å². The number of amides is 1. The summed E-state index contributed by atoms with van der Waals surface area (Å²) < 4.78 is 5.80. The average Bonchev–Trinajstić information content (AvgIpc) is 2.75. The third-order valence-electron chi connectivity index (χ3n) is 5.89. The summed E-state index contributed by atoms with van der Waals surface area (Å²) >= 11 is 12.5. The molecule has 0 radical (unpaired) electrons. The molecule has 7 nitrogen and oxygen atoms in total. The summed E-state index contributed by atoms with van der Waals surface area (Å²) in [5.41, 5.74) is 1.65. The number of rotatable bonds is 7. The molecule has 2 heterocycles. The molecule has 1 fully saturated rings. The SMILES string of the molecule is O=C1CC(O)(O)c2ccc(OCCCCN3CCN(c4cccc(Cl)c4Cl)CC3)cc2N1. The van der Waals surface area contributed by atoms with Gasteiger partial charge >= 0.3 is 0 Å². The maximum Gasteiger partial charge on any atom is 0.230 e. The number of carbonyl (C=O) groups excluding carboxylic acids is 1. The van der Waals surface area contributed by atoms with Gasteiger partial charge in [-0.2, -0.15) is 0 Å². The first-order chi connectivity index (χ1) is 15.3. The molecule has 0 bridgehead atoms. The lowest BCUT2D eigenvalue weighted by atomic mass is 9.96. The predicted molar refractivity (Wildman–Crippen MR) is 126 cm³/mol. The minimum absolute atomic E-state index is 0.280. The van der Waals surface area contributed by atoms with Gasteiger partial charge < -0.3 is 25.2 Å². The van der Waals surface area contributed by atoms with Crippen molar-refractivity contribution >= 4 is 40.5 Å². The number of nitrogens with zero attached hydrogens (tertiary/aromatic N) is 2. The zero-order chi connectivity index (χ0) is 22.7. The van der Waals surface area contributed by atoms with E-state index in [0.29, 0.717) is 28.1 Å². The van der Waals surface area contributed by atoms with Crippen molar-refractivity contribution in [2.45, 2.75) is 25.0 Å². The molecule has 2 aromatic rings. The summed E-state index contributed by atoms with van der Waals surface area (Å²) in [6.45, 7) is 5.31. The van der Waals surface area contributed by atoms with E-state index in [1.165, 1.54) is 0 Å². The lowest BCUT2D eigenvalue weighted by Crippen LogP contribution is -2.46. The quantitative estimate of drug-likeness (QED) is 0.416. The molecule has 172 valence electrons. The van der Waals surface area contributed by atoms with Crippen LogP contribution >= 0.6 is 23.2 Å². The zero-order valence-electron chi connectivity index (χ0n) is 17.7. The fourth-order valence-electron chi connectivity index (χ4n) is 4.16. The van der Waals surface area contributed by atoms with Crippen LogP contribution in [0, 0.1) is 0 Å². The van der Waals surface area contributed by atoms with Crippen LogP contribution in [0.3, 0.4) is 0 Å². The second kappa shape index (κ2) is 9.85. The monoisotopic (exact) mass is 479 g/mol. The van der Waals surface area contributed by atoms with E-state index in [4.69, 9.17) is 27.9 Å². The molecule has 0 unspecified atom stereocenters. The van der Waals surface area contributed by atoms with Gasteiger partial charge in [-0.3, -0.25) is 9.69 Å². The number of piperazine rings is 1. The van der Waals surface area contributed by atoms with Crippen molar-refractivity contribution in [3.63, 3.8) is 0 Å². The van der Waals surface area contributed by atoms with Crippen LogP contribution in [0.1, 0.15) is 24.8 Å². The van der Waals surface area contributed by atoms with E-state index in [0.717, 1.165) is 51.3 Å². The summed E-state index contributed by atoms with van der Waals surface area (Å²) in [5.74, 6) is -1.98. The molecule has 1 saturated heterocycles. The van der Waals surface area contributed by atoms with Gasteiger partial charge in [0, 0.05) is 37.8 Å². The highest BCUT2D eigenvalue weighted by molar-refractivity contribution is 6.43. The molecular weight excluding hydrogens is 453 g/mol. The van der Waals surface area contributed by atoms with Gasteiger partial charge in [0.25, 0.3) is 0 Å². The summed E-state index contributed by atoms with van der Waals surface area (Å²) in [6.07, 6.45) is 1.53. The molecule has 2 aromatic carbocycles. The Kier molecular flexibility index (Phi) is 7.12. The van der Waals surface area contributed by atoms with Crippen LogP contribution in [0.25, 0.3) is 0 Å². The van der Waals surface area contributed by atoms with Crippen molar-refractivity contribution in [3.8, 4) is 5.75 Å². The highest BCUT2D eigenvalue weighted by atomic mass is 35.5. The van der Waals surface area contributed by atoms with Crippen LogP contribution in [0.4, 0.5) is 11.4 Å². The summed E-state index contributed by atoms with van der Waals surface area (Å²) in [5, 5.41) is 23.9. The topological polar surface area (TPSA) is 85.3 Å². The minimum Gasteiger partial charge on any atom is -0.494 e. The van der Waals surface area contributed by atoms with Gasteiger partial charge in [0.15, 0.2) is 0 Å². The Labute approximate surface area is 197 Å². The van der Waals surface area contributed by atoms with Crippen molar-refractivity contribution < 1.29 is 19.7 Å². The first-order valence-electron chi connectivity index (χ1n) is 10.8. The fraction of sp³-hybridized carbons (Fsp3) is 0.435. The molecule has 0 aromatic heterocycles. The van der Waals surface area contributed by atoms with E-state index in [1.807, 2.05) is 12.1 Å². The Hall–Kier alpha value is -2.03. The van der Waals surface area contributed by atoms with Crippen LogP contribution in [0.15, 0.2) is 36.4 Å². The Morgan fingerprint density at radius 2 is 1.84 bits per heavy atom. The zero-order valence-corrected chi connectivity index (χ0v) is 19.2. The molecule has 4 rings (SSSR count). The highest BCUT2D eigenvalue weighted by Gasteiger charge is 2.36. The minimum atomic E-state index is -2.14. The Bertz CT molecular complexity index is 978. The maximum atomic E-state index is 11.6. The Balaban J connectivity index is 1.18. The summed E-state index contributed by atoms with van der Waals surface area (Å²) in [4.78, 5) is 16.4. The summed E-state index contributed by atoms with van der Waals surface area (Å²) in [7, 11) is 0. The lowest BCUT2D eigenvalue weighted by Gasteiger charge is -2.36. The van der Waals surface area contributed by atoms with Gasteiger partial charge in [0.1, 0.15) is 5.75 Å². The van der Waals surface area contributed by atoms with Gasteiger partial charge in [-0.15, -0.1) is 0 Å². The molecule has 0 saturated carbocycles. The molecule has 0 spiro atoms. The van der Waals surface area contributed by atoms with Gasteiger partial charge in [-0.1, -0.05) is 29.3 Å². The van der Waals surface area contributed by atoms with E-state index in [-0.39, 0.29) is 12.0 Å². The number of fused-ring (bicyclic) bond motifs is 1. The number of ether oxygens (including phenoxy) is 1. The highest BCUT2D eigenvalue weighted by Crippen LogP contribution is 2.36. The fourth-order valence-corrected chi connectivity index (χ4v) is 4.57. The molecule has 2 aliphatic rings. The van der Waals surface area contributed by atoms with Gasteiger partial charge in [0.05, 0.1) is 34.4 Å². The smallest absolute Gasteiger partial charge is 0.230 e. The second-order valence-corrected chi connectivity index (χ2v) is 8.99. The Morgan fingerprint density at radius 3 is 2.62 bits per heavy atom. The number of hydrogen-bond acceptors (Lipinski definition) is 6. The molecule has 0 aliphatic carbocycles. The number of hydrogen-bond donors (Lipinski definition) is 3. The standard InChI is InChI=1S/C23H27Cl2N3O4/c24-18-4-3-5-20(22(18)25)28-11-9-27(10-12-28)8-1-2-13-32-16-6-7-17-19(14-16)26-21(29)15-23(17,30)31/h3-7,14,30-31H,1-2,8-13,15H2,(H,26,29). The molecule has 32 heavy (non-hydrogen) atoms. The van der Waals surface area contributed by atoms with E-state index in [2.05, 4.69) is 15.1 Å². The van der Waals surface area contributed by atoms with Gasteiger partial charge in [-0.05, 0) is 43.7 Å². The number of nitrogens with one attached hydrogen (secondary N) is 1. The van der Waals surface area contributed by atoms with Crippen molar-refractivity contribution in [1.82, 2.24) is 4.90 Å². The molecule has 3 N–H and O–H groups in total. The third kappa shape index (κ3) is 5.30. The molecule has 9 heteroatoms. The van der Waals surface area contributed by atoms with Crippen molar-refractivity contribution in [2.75, 3.05) is 49.5 Å². The number of carbonyl (C=O) groups is 1. The normalized spacial score (nSPS) is 18.2. The molecule has 1 amide bonds. The lowest BCUT2D eigenvalue weighted by molar-refractivity contribution is -0.179. The second-order valence-electron chi connectivity index (χ2n) is 8.21. The van der Waals surface area contributed by atoms with E-state index in [1.54, 1.807) is 24.3 Å². The van der Waals surface area contributed by atoms with Gasteiger partial charge in [0.2, 0.25) is 11.7 Å². The Morgan fingerprint density at radius 1 is 1.06 bits per heavy atom. The number of benzene rings is 2. The number of unbranched alkanes of at least 4 members (excludes halogenated alkanes) is 1. The molecule has 2 aliphatic heterocycles. The first-order valence-corrected chi connectivity index (χ1v) is 11.5. The average molecular weight is 480 g/mol. The van der Waals surface area contributed by atoms with E-state index >= 15 is 0 Å². The van der Waals surface area contributed by atoms with E-state index < -0.39 is 11.7 Å². The molecular formula is C23H27Cl2N3O4. The summed E-state index contributed by atoms with van der Waals surface area (Å²) in [6, 6.07) is 10.6. The number of halogens is 2. The number of aliphatic hydroxyl groups is 2. The van der Waals surface area contributed by atoms with Crippen LogP contribution in [0.2, 0.25) is 10.0 Å². The van der Waals surface area contributed by atoms with Gasteiger partial charge in [-0.25, -0.2) is 0 Å². The number of anilines is 2.